The van der Waals surface area contributed by atoms with Crippen LogP contribution in [0.5, 0.6) is 17.2 Å². The van der Waals surface area contributed by atoms with E-state index in [1.807, 2.05) is 54.0 Å². The van der Waals surface area contributed by atoms with Gasteiger partial charge in [-0.25, -0.2) is 14.8 Å². The third kappa shape index (κ3) is 5.26. The number of aromatic nitrogens is 4. The molecule has 4 aromatic rings. The Kier molecular flexibility index (Phi) is 8.30. The number of nitrogen functional groups attached to an aromatic ring is 1. The molecule has 0 radical (unpaired) electrons. The Morgan fingerprint density at radius 3 is 2.33 bits per heavy atom. The number of aryl methyl sites for hydroxylation is 1. The van der Waals surface area contributed by atoms with Crippen molar-refractivity contribution in [1.29, 1.82) is 0 Å². The SMILES string of the molecule is COc1ccc(Oc2ccc(-n3c(=O)n(C4CCN(C5CCNCC5)CC4)c4ncnc(N)c43)cc2C)cc1.Cl. The van der Waals surface area contributed by atoms with Gasteiger partial charge in [-0.2, -0.15) is 0 Å². The van der Waals surface area contributed by atoms with Crippen molar-refractivity contribution >= 4 is 29.4 Å². The summed E-state index contributed by atoms with van der Waals surface area (Å²) in [7, 11) is 1.63. The molecule has 10 nitrogen and oxygen atoms in total. The average Bonchev–Trinajstić information content (AvgIpc) is 3.28. The highest BCUT2D eigenvalue weighted by Gasteiger charge is 2.30. The van der Waals surface area contributed by atoms with E-state index < -0.39 is 0 Å². The van der Waals surface area contributed by atoms with Crippen LogP contribution in [0.3, 0.4) is 0 Å². The lowest BCUT2D eigenvalue weighted by atomic mass is 9.98. The number of likely N-dealkylation sites (tertiary alicyclic amines) is 1. The zero-order chi connectivity index (χ0) is 26.9. The topological polar surface area (TPSA) is 112 Å². The number of benzene rings is 2. The zero-order valence-electron chi connectivity index (χ0n) is 22.9. The first-order valence-corrected chi connectivity index (χ1v) is 13.6. The summed E-state index contributed by atoms with van der Waals surface area (Å²) in [5.41, 5.74) is 8.94. The van der Waals surface area contributed by atoms with Crippen molar-refractivity contribution in [2.24, 2.45) is 0 Å². The van der Waals surface area contributed by atoms with E-state index in [-0.39, 0.29) is 24.1 Å². The van der Waals surface area contributed by atoms with E-state index in [1.165, 1.54) is 19.2 Å². The van der Waals surface area contributed by atoms with Gasteiger partial charge >= 0.3 is 5.69 Å². The van der Waals surface area contributed by atoms with Gasteiger partial charge in [-0.1, -0.05) is 0 Å². The van der Waals surface area contributed by atoms with E-state index in [0.717, 1.165) is 50.3 Å². The number of hydrogen-bond donors (Lipinski definition) is 2. The van der Waals surface area contributed by atoms with Gasteiger partial charge in [-0.15, -0.1) is 12.4 Å². The Bertz CT molecular complexity index is 1520. The van der Waals surface area contributed by atoms with Crippen molar-refractivity contribution in [2.75, 3.05) is 39.0 Å². The van der Waals surface area contributed by atoms with Gasteiger partial charge in [0.15, 0.2) is 11.5 Å². The minimum atomic E-state index is -0.138. The standard InChI is InChI=1S/C29H35N7O3.ClH/c1-19-17-22(3-8-25(19)39-24-6-4-23(38-2)5-7-24)35-26-27(30)32-18-33-28(26)36(29(35)37)21-11-15-34(16-12-21)20-9-13-31-14-10-20;/h3-8,17-18,20-21,31H,9-16H2,1-2H3,(H2,30,32,33);1H. The summed E-state index contributed by atoms with van der Waals surface area (Å²) in [5.74, 6) is 2.46. The van der Waals surface area contributed by atoms with Crippen LogP contribution in [0.1, 0.15) is 37.3 Å². The molecule has 0 atom stereocenters. The molecule has 212 valence electrons. The second-order valence-electron chi connectivity index (χ2n) is 10.4. The number of methoxy groups -OCH3 is 1. The van der Waals surface area contributed by atoms with Crippen molar-refractivity contribution in [3.8, 4) is 22.9 Å². The van der Waals surface area contributed by atoms with Crippen LogP contribution in [0.4, 0.5) is 5.82 Å². The number of hydrogen-bond acceptors (Lipinski definition) is 8. The van der Waals surface area contributed by atoms with Crippen molar-refractivity contribution in [3.63, 3.8) is 0 Å². The van der Waals surface area contributed by atoms with Gasteiger partial charge in [-0.3, -0.25) is 9.13 Å². The van der Waals surface area contributed by atoms with Crippen LogP contribution < -0.4 is 26.2 Å². The second-order valence-corrected chi connectivity index (χ2v) is 10.4. The van der Waals surface area contributed by atoms with Crippen LogP contribution >= 0.6 is 12.4 Å². The van der Waals surface area contributed by atoms with Crippen LogP contribution in [0, 0.1) is 6.92 Å². The largest absolute Gasteiger partial charge is 0.497 e. The maximum absolute atomic E-state index is 14.0. The smallest absolute Gasteiger partial charge is 0.335 e. The lowest BCUT2D eigenvalue weighted by Gasteiger charge is -2.39. The molecule has 2 fully saturated rings. The maximum Gasteiger partial charge on any atom is 0.335 e. The van der Waals surface area contributed by atoms with Crippen molar-refractivity contribution in [2.45, 2.75) is 44.7 Å². The number of halogens is 1. The molecule has 4 heterocycles. The molecule has 3 N–H and O–H groups in total. The summed E-state index contributed by atoms with van der Waals surface area (Å²) in [4.78, 5) is 25.4. The van der Waals surface area contributed by atoms with E-state index in [2.05, 4.69) is 20.2 Å². The van der Waals surface area contributed by atoms with Gasteiger partial charge in [0.1, 0.15) is 29.1 Å². The summed E-state index contributed by atoms with van der Waals surface area (Å²) in [6.07, 6.45) is 5.62. The van der Waals surface area contributed by atoms with Crippen LogP contribution in [0.25, 0.3) is 16.9 Å². The van der Waals surface area contributed by atoms with Crippen LogP contribution in [-0.4, -0.2) is 63.3 Å². The van der Waals surface area contributed by atoms with Gasteiger partial charge in [-0.05, 0) is 93.7 Å². The lowest BCUT2D eigenvalue weighted by molar-refractivity contribution is 0.113. The Hall–Kier alpha value is -3.60. The van der Waals surface area contributed by atoms with Gasteiger partial charge in [0.2, 0.25) is 0 Å². The van der Waals surface area contributed by atoms with Gasteiger partial charge < -0.3 is 25.4 Å². The fourth-order valence-corrected chi connectivity index (χ4v) is 5.97. The number of nitrogens with two attached hydrogens (primary N) is 1. The first kappa shape index (κ1) is 27.9. The number of ether oxygens (including phenoxy) is 2. The Morgan fingerprint density at radius 2 is 1.65 bits per heavy atom. The summed E-state index contributed by atoms with van der Waals surface area (Å²) < 4.78 is 14.8. The Balaban J connectivity index is 0.00000323. The second kappa shape index (κ2) is 11.9. The molecule has 11 heteroatoms. The molecule has 0 bridgehead atoms. The highest BCUT2D eigenvalue weighted by molar-refractivity contribution is 5.85. The zero-order valence-corrected chi connectivity index (χ0v) is 23.7. The summed E-state index contributed by atoms with van der Waals surface area (Å²) >= 11 is 0. The fraction of sp³-hybridized carbons (Fsp3) is 0.414. The predicted molar refractivity (Wildman–Crippen MR) is 158 cm³/mol. The molecule has 0 spiro atoms. The third-order valence-corrected chi connectivity index (χ3v) is 8.07. The summed E-state index contributed by atoms with van der Waals surface area (Å²) in [6.45, 7) is 6.08. The van der Waals surface area contributed by atoms with E-state index >= 15 is 0 Å². The number of imidazole rings is 1. The summed E-state index contributed by atoms with van der Waals surface area (Å²) in [6, 6.07) is 13.8. The molecular weight excluding hydrogens is 530 g/mol. The quantitative estimate of drug-likeness (QED) is 0.359. The average molecular weight is 566 g/mol. The normalized spacial score (nSPS) is 17.1. The monoisotopic (exact) mass is 565 g/mol. The highest BCUT2D eigenvalue weighted by atomic mass is 35.5. The number of piperidine rings is 2. The Morgan fingerprint density at radius 1 is 0.950 bits per heavy atom. The molecule has 2 aliphatic heterocycles. The number of nitrogens with one attached hydrogen (secondary N) is 1. The number of fused-ring (bicyclic) bond motifs is 1. The molecule has 2 aromatic heterocycles. The van der Waals surface area contributed by atoms with Crippen LogP contribution in [-0.2, 0) is 0 Å². The lowest BCUT2D eigenvalue weighted by Crippen LogP contribution is -2.47. The van der Waals surface area contributed by atoms with Gasteiger partial charge in [0, 0.05) is 25.2 Å². The molecule has 2 aliphatic rings. The van der Waals surface area contributed by atoms with E-state index in [4.69, 9.17) is 15.2 Å². The molecule has 2 aromatic carbocycles. The van der Waals surface area contributed by atoms with Gasteiger partial charge in [0.25, 0.3) is 0 Å². The van der Waals surface area contributed by atoms with Crippen LogP contribution in [0.2, 0.25) is 0 Å². The van der Waals surface area contributed by atoms with Crippen molar-refractivity contribution in [1.82, 2.24) is 29.3 Å². The summed E-state index contributed by atoms with van der Waals surface area (Å²) in [5, 5.41) is 3.45. The highest BCUT2D eigenvalue weighted by Crippen LogP contribution is 2.32. The molecule has 0 aliphatic carbocycles. The number of nitrogens with zero attached hydrogens (tertiary/aromatic N) is 5. The first-order chi connectivity index (χ1) is 19.0. The van der Waals surface area contributed by atoms with Gasteiger partial charge in [0.05, 0.1) is 12.8 Å². The van der Waals surface area contributed by atoms with E-state index in [0.29, 0.717) is 40.2 Å². The molecular formula is C29H36ClN7O3. The van der Waals surface area contributed by atoms with Crippen molar-refractivity contribution in [3.05, 3.63) is 64.8 Å². The first-order valence-electron chi connectivity index (χ1n) is 13.6. The van der Waals surface area contributed by atoms with E-state index in [1.54, 1.807) is 11.7 Å². The molecule has 2 saturated heterocycles. The Labute approximate surface area is 239 Å². The maximum atomic E-state index is 14.0. The molecule has 40 heavy (non-hydrogen) atoms. The fourth-order valence-electron chi connectivity index (χ4n) is 5.97. The van der Waals surface area contributed by atoms with E-state index in [9.17, 15) is 4.79 Å². The van der Waals surface area contributed by atoms with Crippen LogP contribution in [0.15, 0.2) is 53.6 Å². The third-order valence-electron chi connectivity index (χ3n) is 8.07. The molecule has 0 unspecified atom stereocenters. The molecule has 0 amide bonds. The number of rotatable bonds is 6. The predicted octanol–water partition coefficient (Wildman–Crippen LogP) is 4.08. The number of anilines is 1. The van der Waals surface area contributed by atoms with Crippen molar-refractivity contribution < 1.29 is 9.47 Å². The minimum Gasteiger partial charge on any atom is -0.497 e. The molecule has 0 saturated carbocycles. The minimum absolute atomic E-state index is 0. The molecule has 6 rings (SSSR count).